The molecule has 0 atom stereocenters. The normalized spacial score (nSPS) is 15.5. The van der Waals surface area contributed by atoms with Crippen LogP contribution in [0.1, 0.15) is 23.7 Å². The van der Waals surface area contributed by atoms with E-state index in [9.17, 15) is 14.4 Å². The minimum atomic E-state index is -0.761. The third-order valence-electron chi connectivity index (χ3n) is 5.16. The smallest absolute Gasteiger partial charge is 0.335 e. The molecule has 7 heteroatoms. The van der Waals surface area contributed by atoms with Crippen molar-refractivity contribution in [3.05, 3.63) is 94.3 Å². The second-order valence-corrected chi connectivity index (χ2v) is 7.54. The maximum absolute atomic E-state index is 13.1. The van der Waals surface area contributed by atoms with Gasteiger partial charge in [-0.1, -0.05) is 48.9 Å². The monoisotopic (exact) mass is 433 g/mol. The van der Waals surface area contributed by atoms with Crippen LogP contribution in [0.4, 0.5) is 10.5 Å². The Morgan fingerprint density at radius 2 is 1.71 bits per heavy atom. The first-order valence-corrected chi connectivity index (χ1v) is 10.2. The van der Waals surface area contributed by atoms with Crippen LogP contribution in [0.15, 0.2) is 72.4 Å². The molecule has 0 radical (unpaired) electrons. The van der Waals surface area contributed by atoms with Gasteiger partial charge in [-0.25, -0.2) is 9.69 Å². The van der Waals surface area contributed by atoms with E-state index in [1.165, 1.54) is 6.08 Å². The van der Waals surface area contributed by atoms with E-state index in [1.807, 2.05) is 60.2 Å². The molecule has 4 rings (SSSR count). The van der Waals surface area contributed by atoms with Gasteiger partial charge in [-0.05, 0) is 54.0 Å². The van der Waals surface area contributed by atoms with Crippen molar-refractivity contribution in [2.24, 2.45) is 0 Å². The molecule has 6 nitrogen and oxygen atoms in total. The third-order valence-corrected chi connectivity index (χ3v) is 5.53. The van der Waals surface area contributed by atoms with Crippen LogP contribution in [-0.4, -0.2) is 22.4 Å². The molecule has 4 amide bonds. The predicted octanol–water partition coefficient (Wildman–Crippen LogP) is 4.42. The third kappa shape index (κ3) is 4.15. The maximum atomic E-state index is 13.1. The van der Waals surface area contributed by atoms with Crippen molar-refractivity contribution in [2.45, 2.75) is 19.9 Å². The fourth-order valence-corrected chi connectivity index (χ4v) is 3.63. The molecule has 156 valence electrons. The summed E-state index contributed by atoms with van der Waals surface area (Å²) in [5, 5.41) is 2.89. The van der Waals surface area contributed by atoms with Crippen molar-refractivity contribution in [2.75, 3.05) is 4.90 Å². The lowest BCUT2D eigenvalue weighted by atomic mass is 10.1. The topological polar surface area (TPSA) is 71.4 Å². The second kappa shape index (κ2) is 8.62. The van der Waals surface area contributed by atoms with Gasteiger partial charge in [-0.2, -0.15) is 0 Å². The van der Waals surface area contributed by atoms with Crippen molar-refractivity contribution in [3.8, 4) is 0 Å². The number of halogens is 1. The zero-order valence-corrected chi connectivity index (χ0v) is 17.6. The standard InChI is InChI=1S/C24H20ClN3O3/c1-2-16-9-11-18(12-10-16)28-23(30)20(22(29)26-24(28)31)14-19-7-5-13-27(19)15-17-6-3-4-8-21(17)25/h3-14H,2,15H2,1H3,(H,26,29,31)/b20-14+. The fourth-order valence-electron chi connectivity index (χ4n) is 3.43. The van der Waals surface area contributed by atoms with Crippen LogP contribution in [0.5, 0.6) is 0 Å². The summed E-state index contributed by atoms with van der Waals surface area (Å²) in [6, 6.07) is 17.4. The number of barbiturate groups is 1. The van der Waals surface area contributed by atoms with Gasteiger partial charge in [0.15, 0.2) is 0 Å². The summed E-state index contributed by atoms with van der Waals surface area (Å²) < 4.78 is 1.88. The first-order valence-electron chi connectivity index (χ1n) is 9.87. The molecule has 1 aliphatic heterocycles. The Morgan fingerprint density at radius 1 is 0.968 bits per heavy atom. The number of nitrogens with one attached hydrogen (secondary N) is 1. The van der Waals surface area contributed by atoms with E-state index in [2.05, 4.69) is 5.32 Å². The lowest BCUT2D eigenvalue weighted by molar-refractivity contribution is -0.122. The van der Waals surface area contributed by atoms with Gasteiger partial charge in [0.25, 0.3) is 11.8 Å². The molecule has 3 aromatic rings. The average Bonchev–Trinajstić information content (AvgIpc) is 3.20. The summed E-state index contributed by atoms with van der Waals surface area (Å²) in [4.78, 5) is 38.9. The van der Waals surface area contributed by atoms with Gasteiger partial charge in [0.2, 0.25) is 0 Å². The van der Waals surface area contributed by atoms with Crippen molar-refractivity contribution < 1.29 is 14.4 Å². The molecule has 0 saturated carbocycles. The summed E-state index contributed by atoms with van der Waals surface area (Å²) in [6.07, 6.45) is 4.17. The molecular weight excluding hydrogens is 414 g/mol. The number of carbonyl (C=O) groups is 3. The van der Waals surface area contributed by atoms with Crippen LogP contribution in [0.2, 0.25) is 5.02 Å². The van der Waals surface area contributed by atoms with E-state index in [0.29, 0.717) is 22.9 Å². The molecule has 31 heavy (non-hydrogen) atoms. The minimum Gasteiger partial charge on any atom is -0.343 e. The number of nitrogens with zero attached hydrogens (tertiary/aromatic N) is 2. The number of aryl methyl sites for hydroxylation is 1. The van der Waals surface area contributed by atoms with Gasteiger partial charge in [0.05, 0.1) is 5.69 Å². The van der Waals surface area contributed by atoms with Crippen molar-refractivity contribution in [1.82, 2.24) is 9.88 Å². The summed E-state index contributed by atoms with van der Waals surface area (Å²) >= 11 is 6.27. The van der Waals surface area contributed by atoms with E-state index < -0.39 is 17.8 Å². The molecule has 2 heterocycles. The average molecular weight is 434 g/mol. The molecule has 0 unspecified atom stereocenters. The Labute approximate surface area is 184 Å². The number of amides is 4. The number of carbonyl (C=O) groups excluding carboxylic acids is 3. The van der Waals surface area contributed by atoms with Crippen molar-refractivity contribution in [3.63, 3.8) is 0 Å². The number of urea groups is 1. The fraction of sp³-hybridized carbons (Fsp3) is 0.125. The summed E-state index contributed by atoms with van der Waals surface area (Å²) in [7, 11) is 0. The molecular formula is C24H20ClN3O3. The van der Waals surface area contributed by atoms with Crippen LogP contribution >= 0.6 is 11.6 Å². The number of benzene rings is 2. The zero-order valence-electron chi connectivity index (χ0n) is 16.8. The van der Waals surface area contributed by atoms with Gasteiger partial charge >= 0.3 is 6.03 Å². The molecule has 0 spiro atoms. The van der Waals surface area contributed by atoms with E-state index in [0.717, 1.165) is 22.4 Å². The largest absolute Gasteiger partial charge is 0.343 e. The Bertz CT molecular complexity index is 1190. The van der Waals surface area contributed by atoms with Gasteiger partial charge in [0.1, 0.15) is 5.57 Å². The van der Waals surface area contributed by atoms with Crippen LogP contribution in [-0.2, 0) is 22.6 Å². The Balaban J connectivity index is 1.66. The Hall–Kier alpha value is -3.64. The molecule has 1 N–H and O–H groups in total. The lowest BCUT2D eigenvalue weighted by Gasteiger charge is -2.26. The molecule has 0 bridgehead atoms. The molecule has 0 aliphatic carbocycles. The summed E-state index contributed by atoms with van der Waals surface area (Å²) in [5.74, 6) is -1.38. The Kier molecular flexibility index (Phi) is 5.73. The summed E-state index contributed by atoms with van der Waals surface area (Å²) in [5.41, 5.74) is 2.93. The van der Waals surface area contributed by atoms with E-state index >= 15 is 0 Å². The van der Waals surface area contributed by atoms with Gasteiger partial charge in [-0.3, -0.25) is 14.9 Å². The number of rotatable bonds is 5. The number of hydrogen-bond donors (Lipinski definition) is 1. The van der Waals surface area contributed by atoms with Crippen LogP contribution in [0, 0.1) is 0 Å². The SMILES string of the molecule is CCc1ccc(N2C(=O)NC(=O)/C(=C\c3cccn3Cc3ccccc3Cl)C2=O)cc1. The quantitative estimate of drug-likeness (QED) is 0.478. The van der Waals surface area contributed by atoms with Gasteiger partial charge in [-0.15, -0.1) is 0 Å². The predicted molar refractivity (Wildman–Crippen MR) is 120 cm³/mol. The number of hydrogen-bond acceptors (Lipinski definition) is 3. The lowest BCUT2D eigenvalue weighted by Crippen LogP contribution is -2.54. The summed E-state index contributed by atoms with van der Waals surface area (Å²) in [6.45, 7) is 2.49. The van der Waals surface area contributed by atoms with Crippen molar-refractivity contribution >= 4 is 41.2 Å². The highest BCUT2D eigenvalue weighted by atomic mass is 35.5. The van der Waals surface area contributed by atoms with Crippen LogP contribution in [0.3, 0.4) is 0 Å². The zero-order chi connectivity index (χ0) is 22.0. The number of anilines is 1. The van der Waals surface area contributed by atoms with E-state index in [-0.39, 0.29) is 5.57 Å². The highest BCUT2D eigenvalue weighted by Gasteiger charge is 2.36. The highest BCUT2D eigenvalue weighted by molar-refractivity contribution is 6.39. The van der Waals surface area contributed by atoms with Gasteiger partial charge in [0, 0.05) is 23.5 Å². The van der Waals surface area contributed by atoms with Crippen LogP contribution in [0.25, 0.3) is 6.08 Å². The van der Waals surface area contributed by atoms with Gasteiger partial charge < -0.3 is 4.57 Å². The molecule has 1 fully saturated rings. The first kappa shape index (κ1) is 20.6. The van der Waals surface area contributed by atoms with Crippen LogP contribution < -0.4 is 10.2 Å². The molecule has 1 aromatic heterocycles. The Morgan fingerprint density at radius 3 is 2.42 bits per heavy atom. The number of imide groups is 2. The highest BCUT2D eigenvalue weighted by Crippen LogP contribution is 2.23. The molecule has 2 aromatic carbocycles. The first-order chi connectivity index (χ1) is 15.0. The minimum absolute atomic E-state index is 0.113. The second-order valence-electron chi connectivity index (χ2n) is 7.13. The van der Waals surface area contributed by atoms with E-state index in [1.54, 1.807) is 18.2 Å². The molecule has 1 aliphatic rings. The number of aromatic nitrogens is 1. The van der Waals surface area contributed by atoms with Crippen molar-refractivity contribution in [1.29, 1.82) is 0 Å². The van der Waals surface area contributed by atoms with E-state index in [4.69, 9.17) is 11.6 Å². The maximum Gasteiger partial charge on any atom is 0.335 e. The molecule has 1 saturated heterocycles.